The lowest BCUT2D eigenvalue weighted by Crippen LogP contribution is -2.49. The average Bonchev–Trinajstić information content (AvgIpc) is 3.78. The van der Waals surface area contributed by atoms with Crippen LogP contribution in [0.5, 0.6) is 5.75 Å². The number of piperidine rings is 1. The molecule has 0 bridgehead atoms. The molecule has 17 heteroatoms. The minimum absolute atomic E-state index is 0.0818. The maximum Gasteiger partial charge on any atom is 0.328 e. The van der Waals surface area contributed by atoms with Gasteiger partial charge < -0.3 is 29.9 Å². The summed E-state index contributed by atoms with van der Waals surface area (Å²) in [5.74, 6) is -1.62. The summed E-state index contributed by atoms with van der Waals surface area (Å²) in [6, 6.07) is 21.3. The van der Waals surface area contributed by atoms with E-state index in [4.69, 9.17) is 4.74 Å². The molecule has 6 aromatic rings. The zero-order chi connectivity index (χ0) is 48.6. The first-order chi connectivity index (χ1) is 33.1. The molecule has 4 N–H and O–H groups in total. The summed E-state index contributed by atoms with van der Waals surface area (Å²) >= 11 is 0. The summed E-state index contributed by atoms with van der Waals surface area (Å²) in [5, 5.41) is 15.9. The second-order valence-corrected chi connectivity index (χ2v) is 18.7. The van der Waals surface area contributed by atoms with Crippen LogP contribution in [-0.4, -0.2) is 118 Å². The van der Waals surface area contributed by atoms with Gasteiger partial charge >= 0.3 is 6.03 Å². The molecule has 3 aliphatic rings. The number of hydrogen-bond acceptors (Lipinski definition) is 10. The molecular formula is C52H55F2N9O6. The smallest absolute Gasteiger partial charge is 0.328 e. The molecular weight excluding hydrogens is 885 g/mol. The maximum absolute atomic E-state index is 15.2. The minimum Gasteiger partial charge on any atom is -0.495 e. The first-order valence-electron chi connectivity index (χ1n) is 23.2. The van der Waals surface area contributed by atoms with Gasteiger partial charge in [-0.15, -0.1) is 0 Å². The highest BCUT2D eigenvalue weighted by Gasteiger charge is 2.30. The Bertz CT molecular complexity index is 2940. The molecule has 2 aromatic heterocycles. The molecule has 15 nitrogen and oxygen atoms in total. The molecule has 3 saturated heterocycles. The van der Waals surface area contributed by atoms with Gasteiger partial charge in [0.2, 0.25) is 5.91 Å². The van der Waals surface area contributed by atoms with E-state index in [1.807, 2.05) is 11.0 Å². The second kappa shape index (κ2) is 19.5. The number of aliphatic hydroxyl groups is 1. The van der Waals surface area contributed by atoms with Gasteiger partial charge in [-0.2, -0.15) is 0 Å². The number of benzene rings is 4. The molecule has 3 aliphatic heterocycles. The topological polar surface area (TPSA) is 176 Å². The highest BCUT2D eigenvalue weighted by atomic mass is 19.1. The van der Waals surface area contributed by atoms with E-state index in [2.05, 4.69) is 59.7 Å². The maximum atomic E-state index is 15.2. The third kappa shape index (κ3) is 10.2. The van der Waals surface area contributed by atoms with Gasteiger partial charge in [0.15, 0.2) is 0 Å². The molecule has 3 fully saturated rings. The van der Waals surface area contributed by atoms with Gasteiger partial charge in [0.05, 0.1) is 29.7 Å². The standard InChI is InChI=1S/C52H55F2N9O6/c1-31-39(25-37(53)26-42(31)58-49(65)38-11-10-36(24-41(38)54)52(2,3)68)47-40-27-43(57-48(40)56-30-55-47)34-7-5-32(6-8-34)28-60-19-21-61(22-20-60)29-33-13-16-62(17-14-33)50(66)35-9-12-45(69-4)44(23-35)63-18-15-46(64)59-51(63)67/h5-12,23-27,30,33,68H,13-22,28-29H2,1-4H3,(H,58,65)(H,55,56,57)(H,59,64,67). The molecule has 0 unspecified atom stereocenters. The van der Waals surface area contributed by atoms with Gasteiger partial charge in [0, 0.05) is 93.2 Å². The molecule has 0 radical (unpaired) electrons. The van der Waals surface area contributed by atoms with Crippen molar-refractivity contribution in [3.63, 3.8) is 0 Å². The number of hydrogen-bond donors (Lipinski definition) is 4. The number of anilines is 2. The highest BCUT2D eigenvalue weighted by Crippen LogP contribution is 2.36. The molecule has 5 heterocycles. The quantitative estimate of drug-likeness (QED) is 0.0963. The summed E-state index contributed by atoms with van der Waals surface area (Å²) in [5.41, 5.74) is 4.87. The number of fused-ring (bicyclic) bond motifs is 1. The first kappa shape index (κ1) is 47.0. The SMILES string of the molecule is COc1ccc(C(=O)N2CCC(CN3CCN(Cc4ccc(-c5cc6c(-c7cc(F)cc(NC(=O)c8ccc(C(C)(C)O)cc8F)c7C)ncnc6[nH]5)cc4)CC3)CC2)cc1N1CCC(=O)NC1=O. The van der Waals surface area contributed by atoms with Crippen LogP contribution in [0, 0.1) is 24.5 Å². The number of amides is 5. The van der Waals surface area contributed by atoms with Crippen molar-refractivity contribution >= 4 is 46.2 Å². The van der Waals surface area contributed by atoms with E-state index in [0.29, 0.717) is 69.4 Å². The van der Waals surface area contributed by atoms with Gasteiger partial charge in [-0.3, -0.25) is 29.5 Å². The number of piperazine rings is 1. The Balaban J connectivity index is 0.777. The van der Waals surface area contributed by atoms with Crippen molar-refractivity contribution < 1.29 is 37.8 Å². The fourth-order valence-electron chi connectivity index (χ4n) is 9.51. The molecule has 0 atom stereocenters. The molecule has 0 spiro atoms. The summed E-state index contributed by atoms with van der Waals surface area (Å²) < 4.78 is 35.7. The van der Waals surface area contributed by atoms with Gasteiger partial charge in [-0.05, 0) is 110 Å². The number of nitrogens with one attached hydrogen (secondary N) is 3. The number of aromatic amines is 1. The number of carbonyl (C=O) groups excluding carboxylic acids is 4. The van der Waals surface area contributed by atoms with Crippen molar-refractivity contribution in [2.45, 2.75) is 52.2 Å². The van der Waals surface area contributed by atoms with Gasteiger partial charge in [-0.25, -0.2) is 23.5 Å². The Kier molecular flexibility index (Phi) is 13.3. The van der Waals surface area contributed by atoms with Crippen molar-refractivity contribution in [3.8, 4) is 28.3 Å². The van der Waals surface area contributed by atoms with E-state index in [1.165, 1.54) is 62.0 Å². The van der Waals surface area contributed by atoms with Crippen LogP contribution in [0.4, 0.5) is 25.0 Å². The molecule has 5 amide bonds. The normalized spacial score (nSPS) is 16.5. The summed E-state index contributed by atoms with van der Waals surface area (Å²) in [7, 11) is 1.51. The third-order valence-electron chi connectivity index (χ3n) is 13.5. The lowest BCUT2D eigenvalue weighted by Gasteiger charge is -2.39. The van der Waals surface area contributed by atoms with Gasteiger partial charge in [0.25, 0.3) is 11.8 Å². The molecule has 9 rings (SSSR count). The number of ether oxygens (including phenoxy) is 1. The number of urea groups is 1. The van der Waals surface area contributed by atoms with Crippen molar-refractivity contribution in [1.29, 1.82) is 0 Å². The van der Waals surface area contributed by atoms with Crippen LogP contribution in [0.2, 0.25) is 0 Å². The van der Waals surface area contributed by atoms with E-state index in [9.17, 15) is 24.3 Å². The predicted molar refractivity (Wildman–Crippen MR) is 258 cm³/mol. The van der Waals surface area contributed by atoms with Gasteiger partial charge in [0.1, 0.15) is 29.4 Å². The van der Waals surface area contributed by atoms with Crippen LogP contribution in [0.25, 0.3) is 33.5 Å². The number of nitrogens with zero attached hydrogens (tertiary/aromatic N) is 6. The number of aromatic nitrogens is 3. The molecule has 358 valence electrons. The number of rotatable bonds is 12. The van der Waals surface area contributed by atoms with E-state index >= 15 is 8.78 Å². The molecule has 0 aliphatic carbocycles. The first-order valence-corrected chi connectivity index (χ1v) is 23.2. The fraction of sp³-hybridized carbons (Fsp3) is 0.346. The Morgan fingerprint density at radius 3 is 2.32 bits per heavy atom. The highest BCUT2D eigenvalue weighted by molar-refractivity contribution is 6.07. The molecule has 0 saturated carbocycles. The molecule has 69 heavy (non-hydrogen) atoms. The third-order valence-corrected chi connectivity index (χ3v) is 13.5. The Morgan fingerprint density at radius 1 is 0.884 bits per heavy atom. The van der Waals surface area contributed by atoms with Crippen LogP contribution < -0.4 is 20.3 Å². The summed E-state index contributed by atoms with van der Waals surface area (Å²) in [6.07, 6.45) is 3.41. The largest absolute Gasteiger partial charge is 0.495 e. The monoisotopic (exact) mass is 939 g/mol. The van der Waals surface area contributed by atoms with Crippen molar-refractivity contribution in [2.24, 2.45) is 5.92 Å². The number of imide groups is 1. The minimum atomic E-state index is -1.29. The van der Waals surface area contributed by atoms with Crippen LogP contribution in [0.1, 0.15) is 70.5 Å². The summed E-state index contributed by atoms with van der Waals surface area (Å²) in [4.78, 5) is 71.8. The Hall–Kier alpha value is -7.08. The predicted octanol–water partition coefficient (Wildman–Crippen LogP) is 7.48. The molecule has 4 aromatic carbocycles. The summed E-state index contributed by atoms with van der Waals surface area (Å²) in [6.45, 7) is 12.0. The Labute approximate surface area is 398 Å². The van der Waals surface area contributed by atoms with Crippen molar-refractivity contribution in [2.75, 3.05) is 69.7 Å². The lowest BCUT2D eigenvalue weighted by molar-refractivity contribution is -0.120. The second-order valence-electron chi connectivity index (χ2n) is 18.7. The van der Waals surface area contributed by atoms with E-state index in [-0.39, 0.29) is 36.0 Å². The van der Waals surface area contributed by atoms with Crippen molar-refractivity contribution in [1.82, 2.24) is 35.0 Å². The van der Waals surface area contributed by atoms with E-state index in [1.54, 1.807) is 25.1 Å². The average molecular weight is 940 g/mol. The van der Waals surface area contributed by atoms with E-state index in [0.717, 1.165) is 69.4 Å². The van der Waals surface area contributed by atoms with Crippen LogP contribution in [0.15, 0.2) is 85.2 Å². The number of H-pyrrole nitrogens is 1. The zero-order valence-electron chi connectivity index (χ0n) is 39.1. The van der Waals surface area contributed by atoms with E-state index < -0.39 is 29.2 Å². The fourth-order valence-corrected chi connectivity index (χ4v) is 9.51. The number of methoxy groups -OCH3 is 1. The zero-order valence-corrected chi connectivity index (χ0v) is 39.1. The van der Waals surface area contributed by atoms with Crippen LogP contribution in [-0.2, 0) is 16.9 Å². The van der Waals surface area contributed by atoms with Gasteiger partial charge in [-0.1, -0.05) is 30.3 Å². The van der Waals surface area contributed by atoms with Crippen LogP contribution >= 0.6 is 0 Å². The Morgan fingerprint density at radius 2 is 1.62 bits per heavy atom. The lowest BCUT2D eigenvalue weighted by atomic mass is 9.95. The number of likely N-dealkylation sites (tertiary alicyclic amines) is 1. The van der Waals surface area contributed by atoms with Crippen LogP contribution in [0.3, 0.4) is 0 Å². The number of halogens is 2. The number of carbonyl (C=O) groups is 4. The van der Waals surface area contributed by atoms with Crippen molar-refractivity contribution in [3.05, 3.63) is 125 Å².